The molecule has 0 saturated carbocycles. The van der Waals surface area contributed by atoms with Crippen molar-refractivity contribution in [3.05, 3.63) is 321 Å². The van der Waals surface area contributed by atoms with E-state index >= 15 is 0 Å². The zero-order valence-electron chi connectivity index (χ0n) is 60.6. The van der Waals surface area contributed by atoms with Crippen LogP contribution in [0.5, 0.6) is 0 Å². The molecule has 4 aliphatic carbocycles. The first-order valence-corrected chi connectivity index (χ1v) is 33.5. The molecule has 0 fully saturated rings. The molecule has 0 unspecified atom stereocenters. The molecular formula is C91H84N4+4. The minimum atomic E-state index is -2.08. The Labute approximate surface area is 567 Å². The van der Waals surface area contributed by atoms with E-state index in [9.17, 15) is 0 Å². The molecule has 0 aliphatic heterocycles. The summed E-state index contributed by atoms with van der Waals surface area (Å²) in [5.41, 5.74) is 39.3. The number of benzene rings is 10. The molecule has 4 nitrogen and oxygen atoms in total. The lowest BCUT2D eigenvalue weighted by Crippen LogP contribution is -2.31. The highest BCUT2D eigenvalue weighted by molar-refractivity contribution is 6.25. The largest absolute Gasteiger partial charge is 0.221 e. The molecule has 4 heteroatoms. The van der Waals surface area contributed by atoms with Crippen molar-refractivity contribution in [2.45, 2.75) is 86.9 Å². The molecule has 4 aliphatic rings. The number of aryl methyl sites for hydroxylation is 7. The highest BCUT2D eigenvalue weighted by Gasteiger charge is 2.30. The smallest absolute Gasteiger partial charge is 0.201 e. The summed E-state index contributed by atoms with van der Waals surface area (Å²) in [6.45, 7) is 13.0. The van der Waals surface area contributed by atoms with E-state index in [1.807, 2.05) is 31.5 Å². The Morgan fingerprint density at radius 1 is 0.337 bits per heavy atom. The number of hydrogen-bond donors (Lipinski definition) is 0. The van der Waals surface area contributed by atoms with E-state index in [-0.39, 0.29) is 0 Å². The van der Waals surface area contributed by atoms with Crippen LogP contribution in [0.15, 0.2) is 237 Å². The van der Waals surface area contributed by atoms with Gasteiger partial charge in [-0.2, -0.15) is 0 Å². The quantitative estimate of drug-likeness (QED) is 0.123. The maximum atomic E-state index is 8.62. The Morgan fingerprint density at radius 3 is 1.34 bits per heavy atom. The van der Waals surface area contributed by atoms with Crippen LogP contribution in [0.25, 0.3) is 111 Å². The molecule has 0 radical (unpaired) electrons. The molecule has 0 amide bonds. The molecular weight excluding hydrogens is 1150 g/mol. The van der Waals surface area contributed by atoms with Crippen LogP contribution in [-0.2, 0) is 53.9 Å². The summed E-state index contributed by atoms with van der Waals surface area (Å²) in [6, 6.07) is 76.3. The lowest BCUT2D eigenvalue weighted by molar-refractivity contribution is -0.660. The van der Waals surface area contributed by atoms with Crippen molar-refractivity contribution in [1.82, 2.24) is 0 Å². The molecule has 18 rings (SSSR count). The van der Waals surface area contributed by atoms with Crippen LogP contribution in [0.1, 0.15) is 109 Å². The topological polar surface area (TPSA) is 15.5 Å². The first kappa shape index (κ1) is 56.1. The van der Waals surface area contributed by atoms with Crippen molar-refractivity contribution in [3.63, 3.8) is 0 Å². The van der Waals surface area contributed by atoms with Crippen LogP contribution in [0.4, 0.5) is 0 Å². The van der Waals surface area contributed by atoms with Crippen molar-refractivity contribution in [3.8, 4) is 78.3 Å². The fourth-order valence-corrected chi connectivity index (χ4v) is 16.1. The Kier molecular flexibility index (Phi) is 14.5. The zero-order chi connectivity index (χ0) is 68.9. The second-order valence-corrected chi connectivity index (χ2v) is 27.1. The van der Waals surface area contributed by atoms with E-state index < -0.39 is 12.7 Å². The van der Waals surface area contributed by atoms with E-state index in [1.54, 1.807) is 12.3 Å². The SMILES string of the molecule is Cc1c(-c2cccc[n+]2C)ccc2c1-c1ccccc1C2.Cc1cc[n+](C)c(-c2ccc3c(c2C)-c2ccccc2C3)c1.[2H]C(C)(C)c1cc2c3ccccc3c3cc4c(c(C)c3c2[n+](C)c1)Cc1ccccc1-4.[2H]C([2H])([2H])c1ccc(-c2ccc3c(c2C)-c2ccccc2C3)[n+](C)c1. The molecule has 4 aromatic heterocycles. The third-order valence-electron chi connectivity index (χ3n) is 20.9. The van der Waals surface area contributed by atoms with Crippen molar-refractivity contribution in [2.24, 2.45) is 28.2 Å². The highest BCUT2D eigenvalue weighted by atomic mass is 14.9. The van der Waals surface area contributed by atoms with Gasteiger partial charge in [-0.3, -0.25) is 0 Å². The van der Waals surface area contributed by atoms with Crippen molar-refractivity contribution in [2.75, 3.05) is 0 Å². The number of nitrogens with zero attached hydrogens (tertiary/aromatic N) is 4. The molecule has 0 bridgehead atoms. The van der Waals surface area contributed by atoms with Crippen molar-refractivity contribution in [1.29, 1.82) is 0 Å². The standard InChI is InChI=1S/C29H26N.2C21H20N.C20H18N/c1-17(2)20-14-27-23-12-8-7-11-22(23)26-15-25-21-10-6-5-9-19(21)13-24(25)18(3)28(26)29(27)30(4)16-20;1-14-8-11-20(22(3)13-14)18-10-9-17-12-16-6-4-5-7-19(16)21(17)15(18)2;1-14-10-11-22(3)20(12-14)18-9-8-17-13-16-6-4-5-7-19(16)21(17)15(18)2;1-14-17(19-9-5-6-12-21(19)2)11-10-16-13-15-7-3-4-8-18(15)20(14)16/h5-12,14-17H,13H2,1-4H3;4-11,13H,12H2,1-3H3;4-12H,13H2,1-3H3;3-12H,13H2,1-2H3/q4*+1/i17D;1D3;;. The van der Waals surface area contributed by atoms with Gasteiger partial charge in [0.2, 0.25) is 22.6 Å². The van der Waals surface area contributed by atoms with Crippen molar-refractivity contribution < 1.29 is 23.8 Å². The first-order chi connectivity index (χ1) is 47.6. The third-order valence-corrected chi connectivity index (χ3v) is 20.9. The van der Waals surface area contributed by atoms with E-state index in [2.05, 4.69) is 288 Å². The lowest BCUT2D eigenvalue weighted by atomic mass is 9.88. The fraction of sp³-hybridized carbons (Fsp3) is 0.187. The Bertz CT molecular complexity index is 5650. The Morgan fingerprint density at radius 2 is 0.811 bits per heavy atom. The van der Waals surface area contributed by atoms with Gasteiger partial charge in [0.25, 0.3) is 0 Å². The monoisotopic (exact) mass is 1240 g/mol. The minimum Gasteiger partial charge on any atom is -0.201 e. The molecule has 14 aromatic rings. The molecule has 464 valence electrons. The van der Waals surface area contributed by atoms with Gasteiger partial charge >= 0.3 is 0 Å². The summed E-state index contributed by atoms with van der Waals surface area (Å²) in [5, 5.41) is 6.46. The fourth-order valence-electron chi connectivity index (χ4n) is 16.1. The van der Waals surface area contributed by atoms with E-state index in [0.29, 0.717) is 5.56 Å². The predicted octanol–water partition coefficient (Wildman–Crippen LogP) is 19.8. The Hall–Kier alpha value is -10.4. The normalized spacial score (nSPS) is 13.2. The Balaban J connectivity index is 0.000000109. The summed E-state index contributed by atoms with van der Waals surface area (Å²) < 4.78 is 39.9. The second-order valence-electron chi connectivity index (χ2n) is 27.1. The summed E-state index contributed by atoms with van der Waals surface area (Å²) in [7, 11) is 8.27. The molecule has 0 spiro atoms. The van der Waals surface area contributed by atoms with Crippen molar-refractivity contribution >= 4 is 32.4 Å². The maximum Gasteiger partial charge on any atom is 0.221 e. The van der Waals surface area contributed by atoms with Gasteiger partial charge in [-0.05, 0) is 249 Å². The average molecular weight is 1240 g/mol. The van der Waals surface area contributed by atoms with Gasteiger partial charge in [0.1, 0.15) is 28.2 Å². The first-order valence-electron chi connectivity index (χ1n) is 35.5. The van der Waals surface area contributed by atoms with Gasteiger partial charge in [0.15, 0.2) is 24.8 Å². The number of rotatable bonds is 4. The van der Waals surface area contributed by atoms with Crippen LogP contribution in [0, 0.1) is 41.5 Å². The van der Waals surface area contributed by atoms with Gasteiger partial charge < -0.3 is 0 Å². The van der Waals surface area contributed by atoms with E-state index in [4.69, 9.17) is 5.48 Å². The minimum absolute atomic E-state index is 0.364. The van der Waals surface area contributed by atoms with Gasteiger partial charge in [-0.25, -0.2) is 18.3 Å². The summed E-state index contributed by atoms with van der Waals surface area (Å²) in [4.78, 5) is 0. The van der Waals surface area contributed by atoms with E-state index in [0.717, 1.165) is 42.5 Å². The second kappa shape index (κ2) is 24.5. The van der Waals surface area contributed by atoms with Crippen LogP contribution in [0.2, 0.25) is 0 Å². The van der Waals surface area contributed by atoms with Crippen LogP contribution in [0.3, 0.4) is 0 Å². The zero-order valence-corrected chi connectivity index (χ0v) is 56.6. The van der Waals surface area contributed by atoms with Crippen LogP contribution >= 0.6 is 0 Å². The van der Waals surface area contributed by atoms with E-state index in [1.165, 1.54) is 172 Å². The lowest BCUT2D eigenvalue weighted by Gasteiger charge is -2.15. The molecule has 10 aromatic carbocycles. The van der Waals surface area contributed by atoms with Gasteiger partial charge in [-0.15, -0.1) is 0 Å². The molecule has 0 N–H and O–H groups in total. The average Bonchev–Trinajstić information content (AvgIpc) is 1.67. The predicted molar refractivity (Wildman–Crippen MR) is 395 cm³/mol. The molecule has 95 heavy (non-hydrogen) atoms. The van der Waals surface area contributed by atoms with Crippen LogP contribution in [-0.4, -0.2) is 0 Å². The third kappa shape index (κ3) is 10.6. The van der Waals surface area contributed by atoms with Gasteiger partial charge in [0, 0.05) is 63.6 Å². The summed E-state index contributed by atoms with van der Waals surface area (Å²) in [5.74, 6) is -0.642. The number of fused-ring (bicyclic) bond motifs is 18. The highest BCUT2D eigenvalue weighted by Crippen LogP contribution is 2.48. The molecule has 0 saturated heterocycles. The summed E-state index contributed by atoms with van der Waals surface area (Å²) >= 11 is 0. The number of pyridine rings is 4. The number of hydrogen-bond acceptors (Lipinski definition) is 0. The number of aromatic nitrogens is 4. The molecule has 0 atom stereocenters. The maximum absolute atomic E-state index is 8.62. The summed E-state index contributed by atoms with van der Waals surface area (Å²) in [6.07, 6.45) is 12.2. The molecule has 4 heterocycles. The van der Waals surface area contributed by atoms with Crippen LogP contribution < -0.4 is 18.3 Å². The van der Waals surface area contributed by atoms with Gasteiger partial charge in [-0.1, -0.05) is 153 Å². The van der Waals surface area contributed by atoms with Gasteiger partial charge in [0.05, 0.1) is 10.8 Å².